The molecule has 0 spiro atoms. The van der Waals surface area contributed by atoms with E-state index >= 15 is 0 Å². The lowest BCUT2D eigenvalue weighted by molar-refractivity contribution is 0.237. The SMILES string of the molecule is CO[SH](CCC[SiH3])(OC)(OC)S(=O)(=O)C=Cc1ccccc1. The summed E-state index contributed by atoms with van der Waals surface area (Å²) in [5.41, 5.74) is 0.786. The number of benzene rings is 1. The van der Waals surface area contributed by atoms with Crippen LogP contribution in [0.3, 0.4) is 0 Å². The van der Waals surface area contributed by atoms with Gasteiger partial charge in [0.25, 0.3) is 0 Å². The molecular formula is C14H26O5S2Si. The van der Waals surface area contributed by atoms with Gasteiger partial charge in [0.1, 0.15) is 0 Å². The van der Waals surface area contributed by atoms with Gasteiger partial charge in [0.05, 0.1) is 21.3 Å². The minimum Gasteiger partial charge on any atom is -0.306 e. The van der Waals surface area contributed by atoms with Gasteiger partial charge in [0, 0.05) is 30.4 Å². The fraction of sp³-hybridized carbons (Fsp3) is 0.429. The molecule has 0 saturated carbocycles. The zero-order valence-electron chi connectivity index (χ0n) is 13.6. The van der Waals surface area contributed by atoms with Crippen molar-refractivity contribution in [1.29, 1.82) is 0 Å². The minimum absolute atomic E-state index is 0.236. The third-order valence-corrected chi connectivity index (χ3v) is 14.2. The van der Waals surface area contributed by atoms with Crippen molar-refractivity contribution in [3.8, 4) is 0 Å². The van der Waals surface area contributed by atoms with Gasteiger partial charge in [-0.1, -0.05) is 36.4 Å². The summed E-state index contributed by atoms with van der Waals surface area (Å²) >= 11 is 0. The van der Waals surface area contributed by atoms with E-state index in [1.165, 1.54) is 27.4 Å². The number of hydrogen-bond donors (Lipinski definition) is 1. The second kappa shape index (κ2) is 7.76. The highest BCUT2D eigenvalue weighted by atomic mass is 33.2. The van der Waals surface area contributed by atoms with E-state index in [1.807, 2.05) is 30.3 Å². The molecule has 128 valence electrons. The van der Waals surface area contributed by atoms with Crippen molar-refractivity contribution in [2.45, 2.75) is 12.5 Å². The molecule has 0 heterocycles. The summed E-state index contributed by atoms with van der Waals surface area (Å²) in [5.74, 6) is 0.236. The van der Waals surface area contributed by atoms with E-state index in [2.05, 4.69) is 0 Å². The Balaban J connectivity index is 3.31. The molecule has 22 heavy (non-hydrogen) atoms. The molecule has 1 aromatic rings. The highest BCUT2D eigenvalue weighted by molar-refractivity contribution is 8.94. The Morgan fingerprint density at radius 1 is 1.09 bits per heavy atom. The van der Waals surface area contributed by atoms with Crippen molar-refractivity contribution in [3.05, 3.63) is 41.3 Å². The lowest BCUT2D eigenvalue weighted by atomic mass is 10.2. The molecule has 0 unspecified atom stereocenters. The van der Waals surface area contributed by atoms with Crippen LogP contribution in [-0.2, 0) is 21.4 Å². The molecule has 5 nitrogen and oxygen atoms in total. The van der Waals surface area contributed by atoms with Crippen molar-refractivity contribution in [3.63, 3.8) is 0 Å². The average molecular weight is 367 g/mol. The lowest BCUT2D eigenvalue weighted by Gasteiger charge is -2.56. The molecule has 1 rings (SSSR count). The van der Waals surface area contributed by atoms with Crippen LogP contribution in [-0.4, -0.2) is 45.7 Å². The first-order valence-electron chi connectivity index (χ1n) is 7.08. The highest BCUT2D eigenvalue weighted by Gasteiger charge is 2.50. The van der Waals surface area contributed by atoms with Gasteiger partial charge in [-0.15, -0.1) is 0 Å². The first kappa shape index (κ1) is 19.4. The topological polar surface area (TPSA) is 61.8 Å². The molecule has 0 bridgehead atoms. The standard InChI is InChI=1S/C14H26O5S2Si/c1-17-21(18-2,19-3,12-7-13-22)20(15,16)11-10-14-8-5-4-6-9-14/h4-6,8-11,21H,7,12-13H2,1-3,22H3. The third-order valence-electron chi connectivity index (χ3n) is 3.66. The average Bonchev–Trinajstić information content (AvgIpc) is 2.56. The second-order valence-corrected chi connectivity index (χ2v) is 14.2. The summed E-state index contributed by atoms with van der Waals surface area (Å²) in [6.45, 7) is 0. The third kappa shape index (κ3) is 3.47. The van der Waals surface area contributed by atoms with Gasteiger partial charge in [-0.2, -0.15) is 0 Å². The maximum Gasteiger partial charge on any atom is 0.245 e. The van der Waals surface area contributed by atoms with Crippen LogP contribution in [0, 0.1) is 0 Å². The monoisotopic (exact) mass is 366 g/mol. The van der Waals surface area contributed by atoms with Crippen LogP contribution in [0.5, 0.6) is 0 Å². The number of thiol groups is 1. The summed E-state index contributed by atoms with van der Waals surface area (Å²) in [4.78, 5) is 0. The molecule has 8 heteroatoms. The van der Waals surface area contributed by atoms with Crippen LogP contribution in [0.1, 0.15) is 12.0 Å². The van der Waals surface area contributed by atoms with Gasteiger partial charge >= 0.3 is 0 Å². The molecular weight excluding hydrogens is 340 g/mol. The Hall–Kier alpha value is -0.643. The van der Waals surface area contributed by atoms with Crippen LogP contribution < -0.4 is 0 Å². The minimum atomic E-state index is -4.25. The Morgan fingerprint density at radius 2 is 1.64 bits per heavy atom. The first-order chi connectivity index (χ1) is 10.4. The van der Waals surface area contributed by atoms with Crippen molar-refractivity contribution in [2.75, 3.05) is 27.1 Å². The lowest BCUT2D eigenvalue weighted by Crippen LogP contribution is -2.34. The molecule has 0 fully saturated rings. The van der Waals surface area contributed by atoms with Crippen molar-refractivity contribution >= 4 is 34.2 Å². The van der Waals surface area contributed by atoms with E-state index in [4.69, 9.17) is 12.5 Å². The fourth-order valence-corrected chi connectivity index (χ4v) is 10.3. The van der Waals surface area contributed by atoms with Crippen molar-refractivity contribution in [2.24, 2.45) is 0 Å². The van der Waals surface area contributed by atoms with Gasteiger partial charge in [-0.05, 0) is 18.1 Å². The van der Waals surface area contributed by atoms with E-state index in [-0.39, 0.29) is 5.75 Å². The summed E-state index contributed by atoms with van der Waals surface area (Å²) in [6.07, 6.45) is 2.23. The highest BCUT2D eigenvalue weighted by Crippen LogP contribution is 2.76. The normalized spacial score (nSPS) is 15.0. The summed E-state index contributed by atoms with van der Waals surface area (Å²) in [6, 6.07) is 10.2. The maximum absolute atomic E-state index is 13.0. The molecule has 0 aliphatic heterocycles. The first-order valence-corrected chi connectivity index (χ1v) is 12.8. The van der Waals surface area contributed by atoms with Gasteiger partial charge in [-0.25, -0.2) is 8.42 Å². The van der Waals surface area contributed by atoms with Gasteiger partial charge in [0.15, 0.2) is 0 Å². The predicted molar refractivity (Wildman–Crippen MR) is 98.6 cm³/mol. The van der Waals surface area contributed by atoms with Crippen LogP contribution in [0.15, 0.2) is 35.7 Å². The zero-order valence-corrected chi connectivity index (χ0v) is 17.3. The Bertz CT molecular complexity index is 586. The fourth-order valence-electron chi connectivity index (χ4n) is 2.20. The summed E-state index contributed by atoms with van der Waals surface area (Å²) in [5, 5.41) is 1.14. The summed E-state index contributed by atoms with van der Waals surface area (Å²) in [7, 11) is -3.11. The van der Waals surface area contributed by atoms with E-state index in [0.717, 1.165) is 27.3 Å². The summed E-state index contributed by atoms with van der Waals surface area (Å²) < 4.78 is 42.2. The smallest absolute Gasteiger partial charge is 0.245 e. The van der Waals surface area contributed by atoms with Crippen LogP contribution >= 0.6 is 9.04 Å². The molecule has 0 amide bonds. The molecule has 0 aromatic heterocycles. The second-order valence-electron chi connectivity index (χ2n) is 4.82. The van der Waals surface area contributed by atoms with Crippen LogP contribution in [0.4, 0.5) is 0 Å². The predicted octanol–water partition coefficient (Wildman–Crippen LogP) is 1.92. The molecule has 0 radical (unpaired) electrons. The van der Waals surface area contributed by atoms with Crippen LogP contribution in [0.2, 0.25) is 6.04 Å². The largest absolute Gasteiger partial charge is 0.306 e. The van der Waals surface area contributed by atoms with E-state index in [1.54, 1.807) is 0 Å². The number of rotatable bonds is 9. The molecule has 0 atom stereocenters. The van der Waals surface area contributed by atoms with Crippen molar-refractivity contribution < 1.29 is 21.0 Å². The van der Waals surface area contributed by atoms with E-state index in [9.17, 15) is 8.42 Å². The Kier molecular flexibility index (Phi) is 6.84. The van der Waals surface area contributed by atoms with E-state index < -0.39 is 17.9 Å². The Labute approximate surface area is 136 Å². The van der Waals surface area contributed by atoms with Gasteiger partial charge in [0.2, 0.25) is 8.87 Å². The molecule has 1 aromatic carbocycles. The molecule has 0 saturated heterocycles. The molecule has 0 N–H and O–H groups in total. The maximum atomic E-state index is 13.0. The van der Waals surface area contributed by atoms with E-state index in [0.29, 0.717) is 6.42 Å². The number of hydrogen-bond acceptors (Lipinski definition) is 5. The van der Waals surface area contributed by atoms with Gasteiger partial charge < -0.3 is 12.5 Å². The molecule has 0 aliphatic rings. The Morgan fingerprint density at radius 3 is 2.09 bits per heavy atom. The van der Waals surface area contributed by atoms with Crippen molar-refractivity contribution in [1.82, 2.24) is 0 Å². The zero-order chi connectivity index (χ0) is 16.7. The van der Waals surface area contributed by atoms with Gasteiger partial charge in [-0.3, -0.25) is 0 Å². The molecule has 0 aliphatic carbocycles. The quantitative estimate of drug-likeness (QED) is 0.411. The van der Waals surface area contributed by atoms with Crippen LogP contribution in [0.25, 0.3) is 6.08 Å².